The number of likely N-dealkylation sites (N-methyl/N-ethyl adjacent to an activating group) is 1. The van der Waals surface area contributed by atoms with Gasteiger partial charge in [-0.15, -0.1) is 0 Å². The smallest absolute Gasteiger partial charge is 0.110 e. The number of benzene rings is 1. The first-order chi connectivity index (χ1) is 14.5. The molecule has 2 aliphatic rings. The van der Waals surface area contributed by atoms with Crippen LogP contribution in [0.3, 0.4) is 0 Å². The van der Waals surface area contributed by atoms with Crippen molar-refractivity contribution in [3.8, 4) is 0 Å². The van der Waals surface area contributed by atoms with Crippen LogP contribution in [0.5, 0.6) is 0 Å². The highest BCUT2D eigenvalue weighted by Crippen LogP contribution is 2.46. The monoisotopic (exact) mass is 428 g/mol. The van der Waals surface area contributed by atoms with E-state index >= 15 is 0 Å². The van der Waals surface area contributed by atoms with E-state index < -0.39 is 5.60 Å². The first-order valence-electron chi connectivity index (χ1n) is 11.1. The van der Waals surface area contributed by atoms with E-state index in [1.807, 2.05) is 36.4 Å². The zero-order valence-electron chi connectivity index (χ0n) is 17.9. The van der Waals surface area contributed by atoms with Gasteiger partial charge in [0.05, 0.1) is 11.9 Å². The van der Waals surface area contributed by atoms with Crippen molar-refractivity contribution >= 4 is 11.6 Å². The van der Waals surface area contributed by atoms with E-state index in [2.05, 4.69) is 23.4 Å². The van der Waals surface area contributed by atoms with Crippen molar-refractivity contribution in [2.45, 2.75) is 37.2 Å². The van der Waals surface area contributed by atoms with E-state index in [0.29, 0.717) is 11.4 Å². The summed E-state index contributed by atoms with van der Waals surface area (Å²) in [6, 6.07) is 11.8. The van der Waals surface area contributed by atoms with Crippen LogP contribution in [0.4, 0.5) is 0 Å². The summed E-state index contributed by atoms with van der Waals surface area (Å²) >= 11 is 6.51. The molecule has 1 aromatic heterocycles. The molecule has 162 valence electrons. The van der Waals surface area contributed by atoms with Crippen LogP contribution in [-0.4, -0.2) is 60.3 Å². The molecule has 0 spiro atoms. The Morgan fingerprint density at radius 1 is 1.13 bits per heavy atom. The SMILES string of the molecule is C=C1C(c2ccco2)CCCC(CN2CCN(C)CC2)C1(O)Cc1ccccc1Cl. The molecule has 30 heavy (non-hydrogen) atoms. The molecule has 2 fully saturated rings. The maximum absolute atomic E-state index is 12.3. The Labute approximate surface area is 185 Å². The predicted molar refractivity (Wildman–Crippen MR) is 122 cm³/mol. The standard InChI is InChI=1S/C25H33ClN2O2/c1-19-22(24-11-6-16-30-24)9-5-8-21(18-28-14-12-27(2)13-15-28)25(19,29)17-20-7-3-4-10-23(20)26/h3-4,6-7,10-11,16,21-22,29H,1,5,8-9,12-15,17-18H2,2H3. The third-order valence-corrected chi connectivity index (χ3v) is 7.45. The van der Waals surface area contributed by atoms with Crippen LogP contribution in [0.2, 0.25) is 5.02 Å². The highest BCUT2D eigenvalue weighted by Gasteiger charge is 2.45. The summed E-state index contributed by atoms with van der Waals surface area (Å²) in [6.07, 6.45) is 5.18. The Morgan fingerprint density at radius 3 is 2.60 bits per heavy atom. The third-order valence-electron chi connectivity index (χ3n) is 7.08. The fourth-order valence-electron chi connectivity index (χ4n) is 5.12. The lowest BCUT2D eigenvalue weighted by atomic mass is 9.73. The van der Waals surface area contributed by atoms with Gasteiger partial charge in [0.1, 0.15) is 5.76 Å². The molecule has 0 bridgehead atoms. The fourth-order valence-corrected chi connectivity index (χ4v) is 5.33. The summed E-state index contributed by atoms with van der Waals surface area (Å²) < 4.78 is 5.75. The molecule has 0 radical (unpaired) electrons. The average Bonchev–Trinajstić information content (AvgIpc) is 3.24. The minimum atomic E-state index is -1.03. The second kappa shape index (κ2) is 9.27. The topological polar surface area (TPSA) is 39.9 Å². The summed E-state index contributed by atoms with van der Waals surface area (Å²) in [5.41, 5.74) is 0.822. The molecule has 1 aromatic carbocycles. The molecular formula is C25H33ClN2O2. The third kappa shape index (κ3) is 4.52. The van der Waals surface area contributed by atoms with Gasteiger partial charge in [0.15, 0.2) is 0 Å². The largest absolute Gasteiger partial charge is 0.469 e. The lowest BCUT2D eigenvalue weighted by Gasteiger charge is -2.42. The molecule has 4 nitrogen and oxygen atoms in total. The quantitative estimate of drug-likeness (QED) is 0.558. The van der Waals surface area contributed by atoms with E-state index in [4.69, 9.17) is 16.0 Å². The summed E-state index contributed by atoms with van der Waals surface area (Å²) in [6.45, 7) is 9.59. The van der Waals surface area contributed by atoms with Crippen molar-refractivity contribution in [1.29, 1.82) is 0 Å². The zero-order chi connectivity index (χ0) is 21.1. The van der Waals surface area contributed by atoms with Crippen molar-refractivity contribution in [2.24, 2.45) is 5.92 Å². The highest BCUT2D eigenvalue weighted by molar-refractivity contribution is 6.31. The van der Waals surface area contributed by atoms with Gasteiger partial charge in [-0.25, -0.2) is 0 Å². The van der Waals surface area contributed by atoms with Gasteiger partial charge in [0.25, 0.3) is 0 Å². The minimum absolute atomic E-state index is 0.0324. The molecule has 1 saturated carbocycles. The summed E-state index contributed by atoms with van der Waals surface area (Å²) in [5.74, 6) is 1.05. The number of aliphatic hydroxyl groups is 1. The summed E-state index contributed by atoms with van der Waals surface area (Å²) in [7, 11) is 2.17. The zero-order valence-corrected chi connectivity index (χ0v) is 18.7. The van der Waals surface area contributed by atoms with Crippen LogP contribution < -0.4 is 0 Å². The molecule has 1 saturated heterocycles. The first kappa shape index (κ1) is 21.6. The van der Waals surface area contributed by atoms with Crippen molar-refractivity contribution in [3.63, 3.8) is 0 Å². The molecule has 1 aliphatic heterocycles. The number of furan rings is 1. The fraction of sp³-hybridized carbons (Fsp3) is 0.520. The Bertz CT molecular complexity index is 845. The van der Waals surface area contributed by atoms with Crippen molar-refractivity contribution in [3.05, 3.63) is 71.2 Å². The molecule has 3 atom stereocenters. The number of hydrogen-bond acceptors (Lipinski definition) is 4. The van der Waals surface area contributed by atoms with E-state index in [1.54, 1.807) is 6.26 Å². The molecule has 2 heterocycles. The van der Waals surface area contributed by atoms with Crippen LogP contribution >= 0.6 is 11.6 Å². The first-order valence-corrected chi connectivity index (χ1v) is 11.4. The van der Waals surface area contributed by atoms with Gasteiger partial charge in [-0.05, 0) is 49.2 Å². The Balaban J connectivity index is 1.64. The normalized spacial score (nSPS) is 29.1. The highest BCUT2D eigenvalue weighted by atomic mass is 35.5. The molecule has 1 N–H and O–H groups in total. The Kier molecular flexibility index (Phi) is 6.69. The van der Waals surface area contributed by atoms with Gasteiger partial charge in [-0.1, -0.05) is 42.8 Å². The maximum Gasteiger partial charge on any atom is 0.110 e. The van der Waals surface area contributed by atoms with Crippen molar-refractivity contribution in [1.82, 2.24) is 9.80 Å². The van der Waals surface area contributed by atoms with E-state index in [9.17, 15) is 5.11 Å². The number of rotatable bonds is 5. The lowest BCUT2D eigenvalue weighted by molar-refractivity contribution is -0.00840. The molecular weight excluding hydrogens is 396 g/mol. The van der Waals surface area contributed by atoms with E-state index in [1.165, 1.54) is 0 Å². The van der Waals surface area contributed by atoms with Gasteiger partial charge in [0.2, 0.25) is 0 Å². The average molecular weight is 429 g/mol. The molecule has 5 heteroatoms. The number of piperazine rings is 1. The Hall–Kier alpha value is -1.59. The van der Waals surface area contributed by atoms with Gasteiger partial charge in [0, 0.05) is 56.0 Å². The number of hydrogen-bond donors (Lipinski definition) is 1. The molecule has 3 unspecified atom stereocenters. The lowest BCUT2D eigenvalue weighted by Crippen LogP contribution is -2.51. The second-order valence-corrected chi connectivity index (χ2v) is 9.42. The van der Waals surface area contributed by atoms with E-state index in [-0.39, 0.29) is 11.8 Å². The van der Waals surface area contributed by atoms with Crippen LogP contribution in [-0.2, 0) is 6.42 Å². The maximum atomic E-state index is 12.3. The number of halogens is 1. The minimum Gasteiger partial charge on any atom is -0.469 e. The van der Waals surface area contributed by atoms with Gasteiger partial charge >= 0.3 is 0 Å². The van der Waals surface area contributed by atoms with Crippen LogP contribution in [0.1, 0.15) is 36.5 Å². The van der Waals surface area contributed by atoms with Crippen LogP contribution in [0, 0.1) is 5.92 Å². The summed E-state index contributed by atoms with van der Waals surface area (Å²) in [4.78, 5) is 4.87. The molecule has 0 amide bonds. The summed E-state index contributed by atoms with van der Waals surface area (Å²) in [5, 5.41) is 13.0. The van der Waals surface area contributed by atoms with Gasteiger partial charge < -0.3 is 19.3 Å². The van der Waals surface area contributed by atoms with Crippen molar-refractivity contribution < 1.29 is 9.52 Å². The molecule has 4 rings (SSSR count). The Morgan fingerprint density at radius 2 is 1.90 bits per heavy atom. The molecule has 1 aliphatic carbocycles. The predicted octanol–water partition coefficient (Wildman–Crippen LogP) is 4.59. The van der Waals surface area contributed by atoms with E-state index in [0.717, 1.165) is 68.9 Å². The van der Waals surface area contributed by atoms with Crippen molar-refractivity contribution in [2.75, 3.05) is 39.8 Å². The van der Waals surface area contributed by atoms with Gasteiger partial charge in [-0.3, -0.25) is 0 Å². The number of nitrogens with zero attached hydrogens (tertiary/aromatic N) is 2. The second-order valence-electron chi connectivity index (χ2n) is 9.02. The van der Waals surface area contributed by atoms with Crippen LogP contribution in [0.25, 0.3) is 0 Å². The van der Waals surface area contributed by atoms with Gasteiger partial charge in [-0.2, -0.15) is 0 Å². The van der Waals surface area contributed by atoms with Crippen LogP contribution in [0.15, 0.2) is 59.2 Å². The molecule has 2 aromatic rings.